The first-order valence-electron chi connectivity index (χ1n) is 8.41. The average Bonchev–Trinajstić information content (AvgIpc) is 3.31. The Labute approximate surface area is 163 Å². The van der Waals surface area contributed by atoms with Crippen LogP contribution in [0, 0.1) is 0 Å². The summed E-state index contributed by atoms with van der Waals surface area (Å²) in [6, 6.07) is 10.2. The van der Waals surface area contributed by atoms with Crippen molar-refractivity contribution in [3.63, 3.8) is 0 Å². The molecule has 0 atom stereocenters. The Morgan fingerprint density at radius 1 is 1.31 bits per heavy atom. The molecule has 0 amide bonds. The molecule has 132 valence electrons. The molecule has 0 aliphatic heterocycles. The second-order valence-electron chi connectivity index (χ2n) is 6.70. The quantitative estimate of drug-likeness (QED) is 0.573. The maximum Gasteiger partial charge on any atom is 0.183 e. The van der Waals surface area contributed by atoms with Crippen molar-refractivity contribution in [1.29, 1.82) is 0 Å². The smallest absolute Gasteiger partial charge is 0.183 e. The molecule has 3 aromatic rings. The van der Waals surface area contributed by atoms with Crippen LogP contribution in [0.5, 0.6) is 5.75 Å². The lowest BCUT2D eigenvalue weighted by molar-refractivity contribution is 0.401. The monoisotopic (exact) mass is 429 g/mol. The molecule has 0 unspecified atom stereocenters. The number of hydrogen-bond donors (Lipinski definition) is 1. The highest BCUT2D eigenvalue weighted by Gasteiger charge is 2.50. The Morgan fingerprint density at radius 3 is 3.00 bits per heavy atom. The van der Waals surface area contributed by atoms with E-state index >= 15 is 0 Å². The molecule has 1 saturated carbocycles. The van der Waals surface area contributed by atoms with Gasteiger partial charge in [0.05, 0.1) is 7.11 Å². The summed E-state index contributed by atoms with van der Waals surface area (Å²) in [5.74, 6) is 2.37. The molecule has 7 heteroatoms. The third-order valence-corrected chi connectivity index (χ3v) is 6.44. The summed E-state index contributed by atoms with van der Waals surface area (Å²) < 4.78 is 15.5. The molecule has 0 bridgehead atoms. The summed E-state index contributed by atoms with van der Waals surface area (Å²) in [7, 11) is 1.64. The van der Waals surface area contributed by atoms with E-state index in [-0.39, 0.29) is 5.41 Å². The van der Waals surface area contributed by atoms with E-state index in [1.165, 1.54) is 30.4 Å². The third kappa shape index (κ3) is 2.53. The fourth-order valence-electron chi connectivity index (χ4n) is 3.67. The number of rotatable bonds is 4. The van der Waals surface area contributed by atoms with Crippen LogP contribution in [0.25, 0.3) is 11.3 Å². The molecule has 2 heterocycles. The van der Waals surface area contributed by atoms with Crippen LogP contribution in [0.4, 0.5) is 5.82 Å². The highest BCUT2D eigenvalue weighted by Crippen LogP contribution is 2.58. The van der Waals surface area contributed by atoms with Gasteiger partial charge in [-0.15, -0.1) is 0 Å². The maximum atomic E-state index is 5.74. The molecule has 5 nitrogen and oxygen atoms in total. The van der Waals surface area contributed by atoms with Crippen LogP contribution in [-0.2, 0) is 11.8 Å². The van der Waals surface area contributed by atoms with Crippen LogP contribution in [0.1, 0.15) is 24.0 Å². The van der Waals surface area contributed by atoms with Gasteiger partial charge in [-0.05, 0) is 49.1 Å². The SMILES string of the molecule is COc1cccnc1SNc1noc2c1CC1(CC1)c1ccc(Br)cc1-2. The van der Waals surface area contributed by atoms with Crippen molar-refractivity contribution >= 4 is 33.7 Å². The lowest BCUT2D eigenvalue weighted by Gasteiger charge is -2.24. The summed E-state index contributed by atoms with van der Waals surface area (Å²) in [6.45, 7) is 0. The normalized spacial score (nSPS) is 16.1. The van der Waals surface area contributed by atoms with Crippen LogP contribution in [-0.4, -0.2) is 17.3 Å². The molecular weight excluding hydrogens is 414 g/mol. The van der Waals surface area contributed by atoms with E-state index in [0.717, 1.165) is 44.4 Å². The van der Waals surface area contributed by atoms with E-state index in [2.05, 4.69) is 49.0 Å². The number of methoxy groups -OCH3 is 1. The van der Waals surface area contributed by atoms with Crippen LogP contribution in [0.3, 0.4) is 0 Å². The number of fused-ring (bicyclic) bond motifs is 4. The van der Waals surface area contributed by atoms with Gasteiger partial charge in [0, 0.05) is 39.2 Å². The predicted octanol–water partition coefficient (Wildman–Crippen LogP) is 5.21. The molecule has 1 fully saturated rings. The first-order chi connectivity index (χ1) is 12.7. The number of ether oxygens (including phenoxy) is 1. The number of nitrogens with zero attached hydrogens (tertiary/aromatic N) is 2. The lowest BCUT2D eigenvalue weighted by Crippen LogP contribution is -2.17. The summed E-state index contributed by atoms with van der Waals surface area (Å²) in [5.41, 5.74) is 3.93. The Hall–Kier alpha value is -1.99. The fraction of sp³-hybridized carbons (Fsp3) is 0.263. The molecule has 26 heavy (non-hydrogen) atoms. The molecule has 2 aliphatic rings. The van der Waals surface area contributed by atoms with Gasteiger partial charge in [-0.25, -0.2) is 4.98 Å². The first-order valence-corrected chi connectivity index (χ1v) is 10.0. The Kier molecular flexibility index (Phi) is 3.76. The number of hydrogen-bond acceptors (Lipinski definition) is 6. The van der Waals surface area contributed by atoms with Gasteiger partial charge >= 0.3 is 0 Å². The number of benzene rings is 1. The van der Waals surface area contributed by atoms with E-state index in [1.807, 2.05) is 12.1 Å². The molecule has 1 N–H and O–H groups in total. The first kappa shape index (κ1) is 16.2. The Balaban J connectivity index is 1.49. The fourth-order valence-corrected chi connectivity index (χ4v) is 4.75. The molecule has 1 spiro atoms. The summed E-state index contributed by atoms with van der Waals surface area (Å²) >= 11 is 4.97. The van der Waals surface area contributed by atoms with E-state index < -0.39 is 0 Å². The van der Waals surface area contributed by atoms with E-state index in [9.17, 15) is 0 Å². The largest absolute Gasteiger partial charge is 0.494 e. The zero-order chi connectivity index (χ0) is 17.7. The number of halogens is 1. The molecule has 1 aromatic carbocycles. The van der Waals surface area contributed by atoms with E-state index in [1.54, 1.807) is 13.3 Å². The summed E-state index contributed by atoms with van der Waals surface area (Å²) in [4.78, 5) is 4.36. The van der Waals surface area contributed by atoms with Gasteiger partial charge in [0.15, 0.2) is 22.4 Å². The predicted molar refractivity (Wildman–Crippen MR) is 105 cm³/mol. The zero-order valence-corrected chi connectivity index (χ0v) is 16.5. The Bertz CT molecular complexity index is 1000. The summed E-state index contributed by atoms with van der Waals surface area (Å²) in [6.07, 6.45) is 5.14. The van der Waals surface area contributed by atoms with Gasteiger partial charge in [0.1, 0.15) is 0 Å². The third-order valence-electron chi connectivity index (χ3n) is 5.15. The maximum absolute atomic E-state index is 5.74. The molecule has 0 saturated heterocycles. The number of nitrogens with one attached hydrogen (secondary N) is 1. The standard InChI is InChI=1S/C19H16BrN3O2S/c1-24-15-3-2-8-21-18(15)26-23-17-13-10-19(6-7-19)14-5-4-11(20)9-12(14)16(13)25-22-17/h2-5,8-9H,6-7,10H2,1H3,(H,22,23). The van der Waals surface area contributed by atoms with Gasteiger partial charge in [0.25, 0.3) is 0 Å². The minimum atomic E-state index is 0.248. The zero-order valence-electron chi connectivity index (χ0n) is 14.1. The van der Waals surface area contributed by atoms with Crippen LogP contribution < -0.4 is 9.46 Å². The second kappa shape index (κ2) is 6.03. The van der Waals surface area contributed by atoms with Crippen molar-refractivity contribution in [3.8, 4) is 17.1 Å². The summed E-state index contributed by atoms with van der Waals surface area (Å²) in [5, 5.41) is 5.07. The molecule has 2 aromatic heterocycles. The Morgan fingerprint density at radius 2 is 2.19 bits per heavy atom. The average molecular weight is 430 g/mol. The van der Waals surface area contributed by atoms with Crippen LogP contribution >= 0.6 is 27.9 Å². The minimum absolute atomic E-state index is 0.248. The van der Waals surface area contributed by atoms with Gasteiger partial charge in [-0.1, -0.05) is 27.2 Å². The number of pyridine rings is 1. The van der Waals surface area contributed by atoms with Gasteiger partial charge in [-0.3, -0.25) is 0 Å². The molecule has 0 radical (unpaired) electrons. The molecular formula is C19H16BrN3O2S. The lowest BCUT2D eigenvalue weighted by atomic mass is 9.79. The number of anilines is 1. The van der Waals surface area contributed by atoms with Crippen molar-refractivity contribution in [2.75, 3.05) is 11.8 Å². The topological polar surface area (TPSA) is 60.2 Å². The van der Waals surface area contributed by atoms with Gasteiger partial charge in [-0.2, -0.15) is 0 Å². The second-order valence-corrected chi connectivity index (χ2v) is 8.41. The van der Waals surface area contributed by atoms with Crippen molar-refractivity contribution in [2.45, 2.75) is 29.7 Å². The molecule has 2 aliphatic carbocycles. The van der Waals surface area contributed by atoms with Crippen molar-refractivity contribution in [1.82, 2.24) is 10.1 Å². The van der Waals surface area contributed by atoms with Gasteiger partial charge < -0.3 is 14.0 Å². The van der Waals surface area contributed by atoms with E-state index in [0.29, 0.717) is 0 Å². The van der Waals surface area contributed by atoms with Gasteiger partial charge in [0.2, 0.25) is 0 Å². The minimum Gasteiger partial charge on any atom is -0.494 e. The highest BCUT2D eigenvalue weighted by molar-refractivity contribution is 9.10. The van der Waals surface area contributed by atoms with Crippen molar-refractivity contribution in [3.05, 3.63) is 52.1 Å². The van der Waals surface area contributed by atoms with Crippen molar-refractivity contribution in [2.24, 2.45) is 0 Å². The van der Waals surface area contributed by atoms with Crippen molar-refractivity contribution < 1.29 is 9.26 Å². The van der Waals surface area contributed by atoms with Crippen LogP contribution in [0.15, 0.2) is 50.6 Å². The van der Waals surface area contributed by atoms with Crippen LogP contribution in [0.2, 0.25) is 0 Å². The molecule has 5 rings (SSSR count). The highest BCUT2D eigenvalue weighted by atomic mass is 79.9. The van der Waals surface area contributed by atoms with E-state index in [4.69, 9.17) is 9.26 Å². The number of aromatic nitrogens is 2.